The van der Waals surface area contributed by atoms with Crippen LogP contribution in [0.4, 0.5) is 0 Å². The lowest BCUT2D eigenvalue weighted by atomic mass is 9.98. The Morgan fingerprint density at radius 3 is 2.71 bits per heavy atom. The Balaban J connectivity index is 2.02. The zero-order valence-corrected chi connectivity index (χ0v) is 12.4. The van der Waals surface area contributed by atoms with Crippen molar-refractivity contribution in [3.8, 4) is 5.75 Å². The van der Waals surface area contributed by atoms with Crippen molar-refractivity contribution in [2.75, 3.05) is 7.11 Å². The van der Waals surface area contributed by atoms with Gasteiger partial charge in [-0.3, -0.25) is 0 Å². The molecule has 1 aromatic carbocycles. The predicted molar refractivity (Wildman–Crippen MR) is 76.2 cm³/mol. The fraction of sp³-hybridized carbons (Fsp3) is 0.571. The van der Waals surface area contributed by atoms with Gasteiger partial charge in [-0.25, -0.2) is 0 Å². The van der Waals surface area contributed by atoms with Crippen LogP contribution in [0.15, 0.2) is 18.2 Å². The summed E-state index contributed by atoms with van der Waals surface area (Å²) in [4.78, 5) is 0.411. The summed E-state index contributed by atoms with van der Waals surface area (Å²) in [5.41, 5.74) is 1.25. The van der Waals surface area contributed by atoms with Crippen LogP contribution in [0.3, 0.4) is 0 Å². The van der Waals surface area contributed by atoms with E-state index in [1.165, 1.54) is 37.7 Å². The molecule has 0 aromatic heterocycles. The van der Waals surface area contributed by atoms with Gasteiger partial charge < -0.3 is 4.74 Å². The third kappa shape index (κ3) is 3.38. The van der Waals surface area contributed by atoms with Crippen LogP contribution in [0.1, 0.15) is 42.5 Å². The molecule has 1 unspecified atom stereocenters. The normalized spacial score (nSPS) is 18.3. The molecule has 0 saturated heterocycles. The molecular weight excluding hydrogens is 300 g/mol. The lowest BCUT2D eigenvalue weighted by Crippen LogP contribution is -1.99. The van der Waals surface area contributed by atoms with Gasteiger partial charge in [0.1, 0.15) is 5.75 Å². The third-order valence-corrected chi connectivity index (χ3v) is 4.75. The van der Waals surface area contributed by atoms with Gasteiger partial charge in [-0.05, 0) is 30.0 Å². The van der Waals surface area contributed by atoms with Crippen LogP contribution in [-0.4, -0.2) is 7.11 Å². The minimum Gasteiger partial charge on any atom is -0.495 e. The van der Waals surface area contributed by atoms with E-state index in [1.807, 2.05) is 12.1 Å². The minimum absolute atomic E-state index is 0.411. The van der Waals surface area contributed by atoms with Gasteiger partial charge in [0.15, 0.2) is 0 Å². The van der Waals surface area contributed by atoms with Gasteiger partial charge >= 0.3 is 0 Å². The van der Waals surface area contributed by atoms with Gasteiger partial charge in [0.2, 0.25) is 0 Å². The van der Waals surface area contributed by atoms with Crippen molar-refractivity contribution in [1.82, 2.24) is 0 Å². The van der Waals surface area contributed by atoms with Crippen molar-refractivity contribution in [1.29, 1.82) is 0 Å². The molecule has 1 aromatic rings. The highest BCUT2D eigenvalue weighted by Gasteiger charge is 2.20. The van der Waals surface area contributed by atoms with Gasteiger partial charge in [0.25, 0.3) is 0 Å². The van der Waals surface area contributed by atoms with Crippen molar-refractivity contribution in [2.45, 2.75) is 36.9 Å². The molecule has 0 bridgehead atoms. The van der Waals surface area contributed by atoms with Crippen LogP contribution in [0.25, 0.3) is 0 Å². The Kier molecular flexibility index (Phi) is 4.75. The lowest BCUT2D eigenvalue weighted by molar-refractivity contribution is 0.414. The van der Waals surface area contributed by atoms with Crippen molar-refractivity contribution in [3.63, 3.8) is 0 Å². The topological polar surface area (TPSA) is 9.23 Å². The number of rotatable bonds is 4. The summed E-state index contributed by atoms with van der Waals surface area (Å²) in [6.07, 6.45) is 6.77. The smallest absolute Gasteiger partial charge is 0.137 e. The summed E-state index contributed by atoms with van der Waals surface area (Å²) in [5, 5.41) is 0.695. The first-order valence-electron chi connectivity index (χ1n) is 6.18. The largest absolute Gasteiger partial charge is 0.495 e. The first-order chi connectivity index (χ1) is 8.20. The molecule has 1 aliphatic rings. The fourth-order valence-electron chi connectivity index (χ4n) is 2.55. The Hall–Kier alpha value is -0.210. The molecule has 0 heterocycles. The maximum Gasteiger partial charge on any atom is 0.137 e. The summed E-state index contributed by atoms with van der Waals surface area (Å²) in [6, 6.07) is 6.05. The van der Waals surface area contributed by atoms with E-state index in [1.54, 1.807) is 7.11 Å². The van der Waals surface area contributed by atoms with Crippen molar-refractivity contribution in [3.05, 3.63) is 28.8 Å². The maximum atomic E-state index is 6.14. The molecule has 1 fully saturated rings. The fourth-order valence-corrected chi connectivity index (χ4v) is 3.63. The maximum absolute atomic E-state index is 6.14. The van der Waals surface area contributed by atoms with E-state index in [-0.39, 0.29) is 0 Å². The highest BCUT2D eigenvalue weighted by molar-refractivity contribution is 9.09. The summed E-state index contributed by atoms with van der Waals surface area (Å²) in [5.74, 6) is 1.62. The molecule has 0 radical (unpaired) electrons. The van der Waals surface area contributed by atoms with E-state index < -0.39 is 0 Å². The van der Waals surface area contributed by atoms with E-state index in [0.717, 1.165) is 11.7 Å². The zero-order valence-electron chi connectivity index (χ0n) is 10.1. The third-order valence-electron chi connectivity index (χ3n) is 3.55. The number of hydrogen-bond donors (Lipinski definition) is 0. The molecule has 1 saturated carbocycles. The van der Waals surface area contributed by atoms with Crippen LogP contribution in [-0.2, 0) is 0 Å². The van der Waals surface area contributed by atoms with Crippen LogP contribution in [0, 0.1) is 5.92 Å². The number of benzene rings is 1. The molecule has 1 aliphatic carbocycles. The van der Waals surface area contributed by atoms with Crippen LogP contribution >= 0.6 is 27.5 Å². The molecular formula is C14H18BrClO. The number of hydrogen-bond acceptors (Lipinski definition) is 1. The Morgan fingerprint density at radius 2 is 2.12 bits per heavy atom. The quantitative estimate of drug-likeness (QED) is 0.679. The van der Waals surface area contributed by atoms with E-state index in [4.69, 9.17) is 16.3 Å². The van der Waals surface area contributed by atoms with E-state index in [9.17, 15) is 0 Å². The Bertz CT molecular complexity index is 374. The van der Waals surface area contributed by atoms with E-state index >= 15 is 0 Å². The number of ether oxygens (including phenoxy) is 1. The summed E-state index contributed by atoms with van der Waals surface area (Å²) in [6.45, 7) is 0. The first kappa shape index (κ1) is 13.2. The second-order valence-corrected chi connectivity index (χ2v) is 6.26. The summed E-state index contributed by atoms with van der Waals surface area (Å²) in [7, 11) is 1.64. The van der Waals surface area contributed by atoms with Crippen molar-refractivity contribution < 1.29 is 4.74 Å². The predicted octanol–water partition coefficient (Wildman–Crippen LogP) is 5.36. The standard InChI is InChI=1S/C14H18BrClO/c1-17-14-7-6-11(9-13(14)16)12(15)8-10-4-2-3-5-10/h6-7,9-10,12H,2-5,8H2,1H3. The number of alkyl halides is 1. The van der Waals surface area contributed by atoms with Gasteiger partial charge in [0, 0.05) is 4.83 Å². The van der Waals surface area contributed by atoms with Gasteiger partial charge in [-0.2, -0.15) is 0 Å². The lowest BCUT2D eigenvalue weighted by Gasteiger charge is -2.16. The average Bonchev–Trinajstić information content (AvgIpc) is 2.81. The summed E-state index contributed by atoms with van der Waals surface area (Å²) < 4.78 is 5.17. The van der Waals surface area contributed by atoms with Gasteiger partial charge in [0.05, 0.1) is 12.1 Å². The molecule has 94 valence electrons. The van der Waals surface area contributed by atoms with Crippen LogP contribution < -0.4 is 4.74 Å². The molecule has 1 nitrogen and oxygen atoms in total. The number of methoxy groups -OCH3 is 1. The van der Waals surface area contributed by atoms with Gasteiger partial charge in [-0.15, -0.1) is 0 Å². The van der Waals surface area contributed by atoms with Crippen LogP contribution in [0.5, 0.6) is 5.75 Å². The Labute approximate surface area is 117 Å². The van der Waals surface area contributed by atoms with Crippen molar-refractivity contribution in [2.24, 2.45) is 5.92 Å². The summed E-state index contributed by atoms with van der Waals surface area (Å²) >= 11 is 9.92. The molecule has 0 amide bonds. The molecule has 1 atom stereocenters. The van der Waals surface area contributed by atoms with E-state index in [2.05, 4.69) is 22.0 Å². The van der Waals surface area contributed by atoms with E-state index in [0.29, 0.717) is 9.85 Å². The highest BCUT2D eigenvalue weighted by Crippen LogP contribution is 2.39. The van der Waals surface area contributed by atoms with Gasteiger partial charge in [-0.1, -0.05) is 59.3 Å². The molecule has 0 aliphatic heterocycles. The molecule has 2 rings (SSSR count). The SMILES string of the molecule is COc1ccc(C(Br)CC2CCCC2)cc1Cl. The second kappa shape index (κ2) is 6.10. The molecule has 3 heteroatoms. The number of halogens is 2. The highest BCUT2D eigenvalue weighted by atomic mass is 79.9. The molecule has 0 N–H and O–H groups in total. The molecule has 17 heavy (non-hydrogen) atoms. The van der Waals surface area contributed by atoms with Crippen molar-refractivity contribution >= 4 is 27.5 Å². The second-order valence-electron chi connectivity index (χ2n) is 4.75. The molecule has 0 spiro atoms. The average molecular weight is 318 g/mol. The first-order valence-corrected chi connectivity index (χ1v) is 7.47. The monoisotopic (exact) mass is 316 g/mol. The van der Waals surface area contributed by atoms with Crippen LogP contribution in [0.2, 0.25) is 5.02 Å². The minimum atomic E-state index is 0.411. The zero-order chi connectivity index (χ0) is 12.3. The Morgan fingerprint density at radius 1 is 1.41 bits per heavy atom.